The quantitative estimate of drug-likeness (QED) is 0.569. The molecule has 0 unspecified atom stereocenters. The Bertz CT molecular complexity index is 692. The number of aryl methyl sites for hydroxylation is 2. The second-order valence-corrected chi connectivity index (χ2v) is 5.85. The van der Waals surface area contributed by atoms with Crippen LogP contribution in [-0.4, -0.2) is 0 Å². The van der Waals surface area contributed by atoms with Crippen LogP contribution in [-0.2, 0) is 6.42 Å². The van der Waals surface area contributed by atoms with Gasteiger partial charge in [-0.3, -0.25) is 0 Å². The van der Waals surface area contributed by atoms with Gasteiger partial charge in [0.05, 0.1) is 0 Å². The van der Waals surface area contributed by atoms with E-state index in [0.29, 0.717) is 0 Å². The highest BCUT2D eigenvalue weighted by molar-refractivity contribution is 7.15. The molecule has 0 aliphatic carbocycles. The van der Waals surface area contributed by atoms with Crippen molar-refractivity contribution in [3.63, 3.8) is 0 Å². The molecule has 0 spiro atoms. The van der Waals surface area contributed by atoms with Crippen LogP contribution in [0.15, 0.2) is 48.5 Å². The SMILES string of the molecule is CCc1ccc(-c2ccc3cc(C)ccc3c2)s1. The van der Waals surface area contributed by atoms with E-state index in [9.17, 15) is 0 Å². The van der Waals surface area contributed by atoms with Gasteiger partial charge >= 0.3 is 0 Å². The molecule has 3 aromatic rings. The van der Waals surface area contributed by atoms with E-state index in [4.69, 9.17) is 0 Å². The van der Waals surface area contributed by atoms with Gasteiger partial charge < -0.3 is 0 Å². The molecule has 0 aliphatic rings. The lowest BCUT2D eigenvalue weighted by Gasteiger charge is -2.03. The molecule has 0 saturated heterocycles. The molecule has 18 heavy (non-hydrogen) atoms. The fourth-order valence-corrected chi connectivity index (χ4v) is 3.19. The third kappa shape index (κ3) is 2.06. The van der Waals surface area contributed by atoms with Crippen molar-refractivity contribution in [3.05, 3.63) is 59.0 Å². The third-order valence-corrected chi connectivity index (χ3v) is 4.57. The summed E-state index contributed by atoms with van der Waals surface area (Å²) >= 11 is 1.90. The summed E-state index contributed by atoms with van der Waals surface area (Å²) in [7, 11) is 0. The molecular formula is C17H16S. The molecule has 0 nitrogen and oxygen atoms in total. The van der Waals surface area contributed by atoms with Crippen LogP contribution in [0.4, 0.5) is 0 Å². The lowest BCUT2D eigenvalue weighted by atomic mass is 10.0. The summed E-state index contributed by atoms with van der Waals surface area (Å²) in [6.45, 7) is 4.35. The molecule has 0 N–H and O–H groups in total. The van der Waals surface area contributed by atoms with Crippen LogP contribution < -0.4 is 0 Å². The van der Waals surface area contributed by atoms with Crippen molar-refractivity contribution in [1.82, 2.24) is 0 Å². The second-order valence-electron chi connectivity index (χ2n) is 4.68. The maximum Gasteiger partial charge on any atom is 0.0345 e. The molecule has 0 radical (unpaired) electrons. The number of hydrogen-bond donors (Lipinski definition) is 0. The van der Waals surface area contributed by atoms with Crippen LogP contribution in [0.5, 0.6) is 0 Å². The van der Waals surface area contributed by atoms with Gasteiger partial charge in [-0.15, -0.1) is 11.3 Å². The first kappa shape index (κ1) is 11.5. The Kier molecular flexibility index (Phi) is 2.92. The van der Waals surface area contributed by atoms with Crippen molar-refractivity contribution in [2.24, 2.45) is 0 Å². The molecule has 0 saturated carbocycles. The van der Waals surface area contributed by atoms with Crippen molar-refractivity contribution in [2.75, 3.05) is 0 Å². The number of thiophene rings is 1. The first-order chi connectivity index (χ1) is 8.76. The van der Waals surface area contributed by atoms with Gasteiger partial charge in [-0.25, -0.2) is 0 Å². The predicted octanol–water partition coefficient (Wildman–Crippen LogP) is 5.44. The summed E-state index contributed by atoms with van der Waals surface area (Å²) in [6, 6.07) is 17.8. The van der Waals surface area contributed by atoms with Crippen LogP contribution in [0.1, 0.15) is 17.4 Å². The van der Waals surface area contributed by atoms with Gasteiger partial charge in [0.15, 0.2) is 0 Å². The van der Waals surface area contributed by atoms with Gasteiger partial charge in [0.25, 0.3) is 0 Å². The van der Waals surface area contributed by atoms with E-state index in [1.54, 1.807) is 0 Å². The minimum absolute atomic E-state index is 1.12. The van der Waals surface area contributed by atoms with Crippen molar-refractivity contribution in [2.45, 2.75) is 20.3 Å². The summed E-state index contributed by atoms with van der Waals surface area (Å²) < 4.78 is 0. The Morgan fingerprint density at radius 2 is 1.67 bits per heavy atom. The minimum atomic E-state index is 1.12. The van der Waals surface area contributed by atoms with E-state index in [2.05, 4.69) is 62.4 Å². The summed E-state index contributed by atoms with van der Waals surface area (Å²) in [5, 5.41) is 2.65. The van der Waals surface area contributed by atoms with Gasteiger partial charge in [-0.1, -0.05) is 42.8 Å². The van der Waals surface area contributed by atoms with E-state index < -0.39 is 0 Å². The van der Waals surface area contributed by atoms with Crippen LogP contribution >= 0.6 is 11.3 Å². The highest BCUT2D eigenvalue weighted by Crippen LogP contribution is 2.30. The maximum absolute atomic E-state index is 2.29. The Morgan fingerprint density at radius 1 is 0.889 bits per heavy atom. The molecule has 0 bridgehead atoms. The monoisotopic (exact) mass is 252 g/mol. The normalized spacial score (nSPS) is 11.0. The number of benzene rings is 2. The topological polar surface area (TPSA) is 0 Å². The molecule has 1 heteroatoms. The van der Waals surface area contributed by atoms with Crippen LogP contribution in [0.2, 0.25) is 0 Å². The number of hydrogen-bond acceptors (Lipinski definition) is 1. The molecule has 0 aliphatic heterocycles. The summed E-state index contributed by atoms with van der Waals surface area (Å²) in [4.78, 5) is 2.82. The van der Waals surface area contributed by atoms with Crippen LogP contribution in [0.3, 0.4) is 0 Å². The molecule has 3 rings (SSSR count). The summed E-state index contributed by atoms with van der Waals surface area (Å²) in [5.74, 6) is 0. The standard InChI is InChI=1S/C17H16S/c1-3-16-8-9-17(18-16)15-7-6-13-10-12(2)4-5-14(13)11-15/h4-11H,3H2,1-2H3. The molecular weight excluding hydrogens is 236 g/mol. The molecule has 0 fully saturated rings. The lowest BCUT2D eigenvalue weighted by Crippen LogP contribution is -1.77. The fraction of sp³-hybridized carbons (Fsp3) is 0.176. The van der Waals surface area contributed by atoms with Crippen LogP contribution in [0, 0.1) is 6.92 Å². The van der Waals surface area contributed by atoms with Gasteiger partial charge in [-0.2, -0.15) is 0 Å². The van der Waals surface area contributed by atoms with Gasteiger partial charge in [0.2, 0.25) is 0 Å². The summed E-state index contributed by atoms with van der Waals surface area (Å²) in [5.41, 5.74) is 2.65. The van der Waals surface area contributed by atoms with Crippen LogP contribution in [0.25, 0.3) is 21.2 Å². The number of rotatable bonds is 2. The lowest BCUT2D eigenvalue weighted by molar-refractivity contribution is 1.19. The van der Waals surface area contributed by atoms with Crippen molar-refractivity contribution < 1.29 is 0 Å². The van der Waals surface area contributed by atoms with E-state index >= 15 is 0 Å². The first-order valence-electron chi connectivity index (χ1n) is 6.36. The maximum atomic E-state index is 2.29. The average molecular weight is 252 g/mol. The van der Waals surface area contributed by atoms with E-state index in [-0.39, 0.29) is 0 Å². The van der Waals surface area contributed by atoms with Crippen molar-refractivity contribution >= 4 is 22.1 Å². The van der Waals surface area contributed by atoms with Gasteiger partial charge in [-0.05, 0) is 47.9 Å². The zero-order valence-electron chi connectivity index (χ0n) is 10.7. The molecule has 1 aromatic heterocycles. The smallest absolute Gasteiger partial charge is 0.0345 e. The Hall–Kier alpha value is -1.60. The molecule has 0 atom stereocenters. The zero-order valence-corrected chi connectivity index (χ0v) is 11.6. The van der Waals surface area contributed by atoms with Gasteiger partial charge in [0.1, 0.15) is 0 Å². The Balaban J connectivity index is 2.10. The van der Waals surface area contributed by atoms with E-state index in [1.807, 2.05) is 11.3 Å². The highest BCUT2D eigenvalue weighted by atomic mass is 32.1. The first-order valence-corrected chi connectivity index (χ1v) is 7.17. The largest absolute Gasteiger partial charge is 0.140 e. The second kappa shape index (κ2) is 4.58. The number of fused-ring (bicyclic) bond motifs is 1. The minimum Gasteiger partial charge on any atom is -0.140 e. The average Bonchev–Trinajstić information content (AvgIpc) is 2.87. The fourth-order valence-electron chi connectivity index (χ4n) is 2.24. The van der Waals surface area contributed by atoms with E-state index in [1.165, 1.54) is 31.7 Å². The molecule has 1 heterocycles. The highest BCUT2D eigenvalue weighted by Gasteiger charge is 2.03. The van der Waals surface area contributed by atoms with Gasteiger partial charge in [0, 0.05) is 9.75 Å². The zero-order chi connectivity index (χ0) is 12.5. The molecule has 2 aromatic carbocycles. The predicted molar refractivity (Wildman–Crippen MR) is 81.4 cm³/mol. The summed E-state index contributed by atoms with van der Waals surface area (Å²) in [6.07, 6.45) is 1.12. The Labute approximate surface area is 112 Å². The molecule has 90 valence electrons. The third-order valence-electron chi connectivity index (χ3n) is 3.29. The van der Waals surface area contributed by atoms with Crippen molar-refractivity contribution in [3.8, 4) is 10.4 Å². The Morgan fingerprint density at radius 3 is 2.44 bits per heavy atom. The van der Waals surface area contributed by atoms with E-state index in [0.717, 1.165) is 6.42 Å². The van der Waals surface area contributed by atoms with Crippen molar-refractivity contribution in [1.29, 1.82) is 0 Å². The molecule has 0 amide bonds.